The second-order valence-corrected chi connectivity index (χ2v) is 9.55. The summed E-state index contributed by atoms with van der Waals surface area (Å²) in [6.45, 7) is 4.06. The fraction of sp³-hybridized carbons (Fsp3) is 0.250. The average molecular weight is 510 g/mol. The summed E-state index contributed by atoms with van der Waals surface area (Å²) in [5, 5.41) is -0.0482. The van der Waals surface area contributed by atoms with Gasteiger partial charge in [-0.3, -0.25) is 0 Å². The highest BCUT2D eigenvalue weighted by atomic mass is 127. The van der Waals surface area contributed by atoms with Crippen molar-refractivity contribution in [3.63, 3.8) is 0 Å². The van der Waals surface area contributed by atoms with Crippen molar-refractivity contribution in [1.29, 1.82) is 0 Å². The molecule has 28 heavy (non-hydrogen) atoms. The van der Waals surface area contributed by atoms with Gasteiger partial charge in [-0.1, -0.05) is 29.8 Å². The van der Waals surface area contributed by atoms with Gasteiger partial charge in [0.15, 0.2) is 0 Å². The lowest BCUT2D eigenvalue weighted by atomic mass is 10.2. The zero-order chi connectivity index (χ0) is 19.7. The first-order chi connectivity index (χ1) is 13.5. The summed E-state index contributed by atoms with van der Waals surface area (Å²) in [5.41, 5.74) is 1.76. The van der Waals surface area contributed by atoms with Gasteiger partial charge >= 0.3 is 0 Å². The highest BCUT2D eigenvalue weighted by Gasteiger charge is 2.32. The van der Waals surface area contributed by atoms with E-state index in [9.17, 15) is 8.42 Å². The van der Waals surface area contributed by atoms with Crippen LogP contribution in [0.15, 0.2) is 62.9 Å². The van der Waals surface area contributed by atoms with Crippen molar-refractivity contribution in [3.8, 4) is 11.5 Å². The molecule has 1 aliphatic rings. The largest absolute Gasteiger partial charge is 0.419 e. The third kappa shape index (κ3) is 3.68. The minimum Gasteiger partial charge on any atom is -0.419 e. The molecule has 1 fully saturated rings. The molecule has 1 aliphatic heterocycles. The van der Waals surface area contributed by atoms with Crippen LogP contribution >= 0.6 is 22.6 Å². The summed E-state index contributed by atoms with van der Waals surface area (Å²) < 4.78 is 39.1. The number of aryl methyl sites for hydroxylation is 1. The molecule has 1 aromatic heterocycles. The van der Waals surface area contributed by atoms with Gasteiger partial charge in [0.05, 0.1) is 23.7 Å². The van der Waals surface area contributed by atoms with E-state index in [1.165, 1.54) is 0 Å². The van der Waals surface area contributed by atoms with Crippen LogP contribution in [-0.4, -0.2) is 39.7 Å². The van der Waals surface area contributed by atoms with Gasteiger partial charge in [-0.15, -0.1) is 0 Å². The zero-order valence-electron chi connectivity index (χ0n) is 15.3. The molecule has 0 amide bonds. The van der Waals surface area contributed by atoms with Crippen LogP contribution in [-0.2, 0) is 14.6 Å². The molecule has 0 saturated carbocycles. The lowest BCUT2D eigenvalue weighted by molar-refractivity contribution is 0.120. The Morgan fingerprint density at radius 3 is 2.39 bits per heavy atom. The number of rotatable bonds is 4. The molecule has 2 heterocycles. The van der Waals surface area contributed by atoms with Crippen LogP contribution < -0.4 is 4.90 Å². The Labute approximate surface area is 177 Å². The Morgan fingerprint density at radius 2 is 1.71 bits per heavy atom. The van der Waals surface area contributed by atoms with E-state index in [0.29, 0.717) is 32.2 Å². The molecule has 2 aromatic carbocycles. The number of hydrogen-bond acceptors (Lipinski definition) is 6. The highest BCUT2D eigenvalue weighted by molar-refractivity contribution is 14.1. The standard InChI is InChI=1S/C20H19IN2O4S/c1-14-6-8-15(9-7-14)28(24,25)19-20(23-10-12-26-13-11-23)27-18(22-19)16-4-2-3-5-17(16)21/h2-9H,10-13H2,1H3. The smallest absolute Gasteiger partial charge is 0.236 e. The average Bonchev–Trinajstić information content (AvgIpc) is 3.15. The van der Waals surface area contributed by atoms with Gasteiger partial charge in [-0.05, 0) is 53.8 Å². The number of halogens is 1. The summed E-state index contributed by atoms with van der Waals surface area (Å²) in [6.07, 6.45) is 0. The predicted molar refractivity (Wildman–Crippen MR) is 114 cm³/mol. The Kier molecular flexibility index (Phi) is 5.44. The van der Waals surface area contributed by atoms with Crippen LogP contribution in [0.5, 0.6) is 0 Å². The maximum absolute atomic E-state index is 13.4. The Morgan fingerprint density at radius 1 is 1.04 bits per heavy atom. The van der Waals surface area contributed by atoms with Crippen molar-refractivity contribution in [2.75, 3.05) is 31.2 Å². The molecule has 6 nitrogen and oxygen atoms in total. The summed E-state index contributed by atoms with van der Waals surface area (Å²) in [4.78, 5) is 6.53. The molecule has 146 valence electrons. The van der Waals surface area contributed by atoms with Gasteiger partial charge in [0.2, 0.25) is 26.6 Å². The van der Waals surface area contributed by atoms with Crippen molar-refractivity contribution < 1.29 is 17.6 Å². The van der Waals surface area contributed by atoms with Crippen molar-refractivity contribution >= 4 is 38.3 Å². The maximum atomic E-state index is 13.4. The number of ether oxygens (including phenoxy) is 1. The number of nitrogens with zero attached hydrogens (tertiary/aromatic N) is 2. The lowest BCUT2D eigenvalue weighted by Gasteiger charge is -2.26. The molecule has 0 N–H and O–H groups in total. The molecule has 0 unspecified atom stereocenters. The van der Waals surface area contributed by atoms with E-state index in [4.69, 9.17) is 9.15 Å². The number of aromatic nitrogens is 1. The first-order valence-electron chi connectivity index (χ1n) is 8.87. The minimum absolute atomic E-state index is 0.0482. The van der Waals surface area contributed by atoms with Crippen LogP contribution in [0.1, 0.15) is 5.56 Å². The molecule has 0 bridgehead atoms. The van der Waals surface area contributed by atoms with Crippen LogP contribution in [0.2, 0.25) is 0 Å². The number of morpholine rings is 1. The summed E-state index contributed by atoms with van der Waals surface area (Å²) in [7, 11) is -3.83. The Bertz CT molecular complexity index is 1090. The van der Waals surface area contributed by atoms with Crippen molar-refractivity contribution in [2.45, 2.75) is 16.8 Å². The van der Waals surface area contributed by atoms with Crippen molar-refractivity contribution in [1.82, 2.24) is 4.98 Å². The monoisotopic (exact) mass is 510 g/mol. The van der Waals surface area contributed by atoms with Crippen molar-refractivity contribution in [3.05, 3.63) is 57.7 Å². The minimum atomic E-state index is -3.83. The number of sulfone groups is 1. The molecule has 1 saturated heterocycles. The van der Waals surface area contributed by atoms with Gasteiger partial charge in [0.25, 0.3) is 0 Å². The van der Waals surface area contributed by atoms with E-state index in [0.717, 1.165) is 14.7 Å². The second-order valence-electron chi connectivity index (χ2n) is 6.53. The molecular weight excluding hydrogens is 491 g/mol. The topological polar surface area (TPSA) is 72.6 Å². The number of oxazole rings is 1. The first-order valence-corrected chi connectivity index (χ1v) is 11.4. The molecule has 0 radical (unpaired) electrons. The van der Waals surface area contributed by atoms with E-state index in [-0.39, 0.29) is 15.8 Å². The quantitative estimate of drug-likeness (QED) is 0.496. The van der Waals surface area contributed by atoms with Gasteiger partial charge in [-0.2, -0.15) is 4.98 Å². The Balaban J connectivity index is 1.87. The summed E-state index contributed by atoms with van der Waals surface area (Å²) in [5.74, 6) is 0.579. The number of hydrogen-bond donors (Lipinski definition) is 0. The second kappa shape index (κ2) is 7.84. The molecule has 3 aromatic rings. The number of anilines is 1. The van der Waals surface area contributed by atoms with E-state index < -0.39 is 9.84 Å². The lowest BCUT2D eigenvalue weighted by Crippen LogP contribution is -2.36. The SMILES string of the molecule is Cc1ccc(S(=O)(=O)c2nc(-c3ccccc3I)oc2N2CCOCC2)cc1. The van der Waals surface area contributed by atoms with Gasteiger partial charge in [0, 0.05) is 16.7 Å². The summed E-state index contributed by atoms with van der Waals surface area (Å²) in [6, 6.07) is 14.4. The van der Waals surface area contributed by atoms with Gasteiger partial charge in [0.1, 0.15) is 0 Å². The molecular formula is C20H19IN2O4S. The Hall–Kier alpha value is -1.91. The molecule has 0 spiro atoms. The third-order valence-corrected chi connectivity index (χ3v) is 7.18. The fourth-order valence-electron chi connectivity index (χ4n) is 3.02. The highest BCUT2D eigenvalue weighted by Crippen LogP contribution is 2.36. The molecule has 8 heteroatoms. The molecule has 0 aliphatic carbocycles. The van der Waals surface area contributed by atoms with E-state index in [1.54, 1.807) is 24.3 Å². The van der Waals surface area contributed by atoms with E-state index >= 15 is 0 Å². The van der Waals surface area contributed by atoms with Gasteiger partial charge < -0.3 is 14.1 Å². The van der Waals surface area contributed by atoms with E-state index in [1.807, 2.05) is 36.1 Å². The summed E-state index contributed by atoms with van der Waals surface area (Å²) >= 11 is 2.19. The van der Waals surface area contributed by atoms with Gasteiger partial charge in [-0.25, -0.2) is 8.42 Å². The van der Waals surface area contributed by atoms with Crippen LogP contribution in [0.3, 0.4) is 0 Å². The molecule has 0 atom stereocenters. The fourth-order valence-corrected chi connectivity index (χ4v) is 4.96. The van der Waals surface area contributed by atoms with Crippen molar-refractivity contribution in [2.24, 2.45) is 0 Å². The molecule has 4 rings (SSSR count). The predicted octanol–water partition coefficient (Wildman–Crippen LogP) is 3.92. The van der Waals surface area contributed by atoms with E-state index in [2.05, 4.69) is 27.6 Å². The third-order valence-electron chi connectivity index (χ3n) is 4.57. The van der Waals surface area contributed by atoms with Crippen LogP contribution in [0.4, 0.5) is 5.88 Å². The zero-order valence-corrected chi connectivity index (χ0v) is 18.2. The van der Waals surface area contributed by atoms with Crippen LogP contribution in [0.25, 0.3) is 11.5 Å². The number of benzene rings is 2. The normalized spacial score (nSPS) is 15.0. The maximum Gasteiger partial charge on any atom is 0.236 e. The van der Waals surface area contributed by atoms with Crippen LogP contribution in [0, 0.1) is 10.5 Å². The first kappa shape index (κ1) is 19.4.